The van der Waals surface area contributed by atoms with Crippen LogP contribution in [0.2, 0.25) is 0 Å². The normalized spacial score (nSPS) is 11.8. The Kier molecular flexibility index (Phi) is 5.00. The summed E-state index contributed by atoms with van der Waals surface area (Å²) in [7, 11) is 1.72. The number of hydrogen-bond acceptors (Lipinski definition) is 4. The number of aryl methyl sites for hydroxylation is 2. The lowest BCUT2D eigenvalue weighted by Gasteiger charge is -2.15. The second kappa shape index (κ2) is 6.95. The number of carbonyl (C=O) groups excluding carboxylic acids is 1. The third-order valence-electron chi connectivity index (χ3n) is 3.58. The molecule has 1 aromatic carbocycles. The highest BCUT2D eigenvalue weighted by Gasteiger charge is 2.28. The molecule has 7 nitrogen and oxygen atoms in total. The molecule has 0 aliphatic rings. The van der Waals surface area contributed by atoms with E-state index < -0.39 is 18.1 Å². The average Bonchev–Trinajstić information content (AvgIpc) is 2.77. The van der Waals surface area contributed by atoms with E-state index in [2.05, 4.69) is 10.4 Å². The third-order valence-corrected chi connectivity index (χ3v) is 3.58. The third kappa shape index (κ3) is 3.88. The van der Waals surface area contributed by atoms with Crippen molar-refractivity contribution < 1.29 is 19.4 Å². The Bertz CT molecular complexity index is 710. The minimum Gasteiger partial charge on any atom is -0.479 e. The zero-order chi connectivity index (χ0) is 17.0. The minimum atomic E-state index is -1.20. The van der Waals surface area contributed by atoms with E-state index in [9.17, 15) is 14.7 Å². The maximum absolute atomic E-state index is 11.9. The van der Waals surface area contributed by atoms with Gasteiger partial charge in [-0.3, -0.25) is 4.68 Å². The lowest BCUT2D eigenvalue weighted by Crippen LogP contribution is -2.34. The van der Waals surface area contributed by atoms with Crippen LogP contribution in [-0.4, -0.2) is 26.9 Å². The number of aliphatic carboxylic acids is 1. The largest absolute Gasteiger partial charge is 0.479 e. The molecule has 2 aromatic rings. The average molecular weight is 317 g/mol. The van der Waals surface area contributed by atoms with E-state index in [-0.39, 0.29) is 6.61 Å². The van der Waals surface area contributed by atoms with Crippen LogP contribution < -0.4 is 5.32 Å². The van der Waals surface area contributed by atoms with E-state index >= 15 is 0 Å². The van der Waals surface area contributed by atoms with E-state index in [1.165, 1.54) is 0 Å². The van der Waals surface area contributed by atoms with Crippen molar-refractivity contribution in [2.24, 2.45) is 7.05 Å². The van der Waals surface area contributed by atoms with Crippen molar-refractivity contribution >= 4 is 12.1 Å². The van der Waals surface area contributed by atoms with Crippen LogP contribution in [-0.2, 0) is 23.2 Å². The molecule has 0 saturated heterocycles. The number of aromatic nitrogens is 2. The lowest BCUT2D eigenvalue weighted by atomic mass is 10.1. The van der Waals surface area contributed by atoms with Gasteiger partial charge in [0.2, 0.25) is 0 Å². The fraction of sp³-hybridized carbons (Fsp3) is 0.312. The van der Waals surface area contributed by atoms with Crippen LogP contribution in [0.15, 0.2) is 30.3 Å². The van der Waals surface area contributed by atoms with Crippen LogP contribution in [0.5, 0.6) is 0 Å². The molecule has 0 fully saturated rings. The van der Waals surface area contributed by atoms with Crippen LogP contribution in [0.1, 0.15) is 28.6 Å². The van der Waals surface area contributed by atoms with Crippen molar-refractivity contribution in [2.45, 2.75) is 26.5 Å². The van der Waals surface area contributed by atoms with Crippen LogP contribution in [0.3, 0.4) is 0 Å². The van der Waals surface area contributed by atoms with Crippen LogP contribution >= 0.6 is 0 Å². The second-order valence-corrected chi connectivity index (χ2v) is 5.19. The summed E-state index contributed by atoms with van der Waals surface area (Å²) in [5.41, 5.74) is 2.53. The molecule has 122 valence electrons. The number of ether oxygens (including phenoxy) is 1. The molecule has 2 rings (SSSR count). The Morgan fingerprint density at radius 2 is 1.96 bits per heavy atom. The number of amides is 1. The van der Waals surface area contributed by atoms with Crippen molar-refractivity contribution in [3.63, 3.8) is 0 Å². The highest BCUT2D eigenvalue weighted by Crippen LogP contribution is 2.21. The summed E-state index contributed by atoms with van der Waals surface area (Å²) in [6, 6.07) is 7.96. The van der Waals surface area contributed by atoms with E-state index in [1.807, 2.05) is 30.3 Å². The first-order chi connectivity index (χ1) is 10.9. The summed E-state index contributed by atoms with van der Waals surface area (Å²) in [4.78, 5) is 23.4. The van der Waals surface area contributed by atoms with E-state index in [0.717, 1.165) is 5.56 Å². The molecule has 0 saturated carbocycles. The fourth-order valence-corrected chi connectivity index (χ4v) is 2.35. The van der Waals surface area contributed by atoms with Gasteiger partial charge in [-0.2, -0.15) is 5.10 Å². The van der Waals surface area contributed by atoms with Gasteiger partial charge in [-0.25, -0.2) is 9.59 Å². The van der Waals surface area contributed by atoms with Crippen molar-refractivity contribution in [3.05, 3.63) is 52.8 Å². The first-order valence-electron chi connectivity index (χ1n) is 7.10. The van der Waals surface area contributed by atoms with Gasteiger partial charge in [0, 0.05) is 18.3 Å². The molecule has 1 amide bonds. The molecule has 1 aromatic heterocycles. The number of rotatable bonds is 5. The molecular weight excluding hydrogens is 298 g/mol. The molecule has 0 bridgehead atoms. The van der Waals surface area contributed by atoms with Gasteiger partial charge in [0.1, 0.15) is 6.61 Å². The Morgan fingerprint density at radius 1 is 1.30 bits per heavy atom. The van der Waals surface area contributed by atoms with E-state index in [1.54, 1.807) is 25.6 Å². The van der Waals surface area contributed by atoms with Gasteiger partial charge in [0.05, 0.1) is 5.69 Å². The van der Waals surface area contributed by atoms with Gasteiger partial charge in [-0.1, -0.05) is 30.3 Å². The van der Waals surface area contributed by atoms with E-state index in [4.69, 9.17) is 4.74 Å². The molecule has 0 spiro atoms. The maximum atomic E-state index is 11.9. The topological polar surface area (TPSA) is 93.5 Å². The molecule has 0 aliphatic carbocycles. The maximum Gasteiger partial charge on any atom is 0.408 e. The quantitative estimate of drug-likeness (QED) is 0.880. The Labute approximate surface area is 133 Å². The highest BCUT2D eigenvalue weighted by molar-refractivity contribution is 5.82. The molecule has 0 radical (unpaired) electrons. The molecule has 1 unspecified atom stereocenters. The predicted octanol–water partition coefficient (Wildman–Crippen LogP) is 2.09. The Balaban J connectivity index is 2.08. The monoisotopic (exact) mass is 317 g/mol. The number of benzene rings is 1. The Morgan fingerprint density at radius 3 is 2.48 bits per heavy atom. The molecule has 1 heterocycles. The fourth-order valence-electron chi connectivity index (χ4n) is 2.35. The summed E-state index contributed by atoms with van der Waals surface area (Å²) in [5, 5.41) is 16.0. The minimum absolute atomic E-state index is 0.0734. The molecule has 1 atom stereocenters. The van der Waals surface area contributed by atoms with Crippen LogP contribution in [0.25, 0.3) is 0 Å². The number of carboxylic acid groups (broad SMARTS) is 1. The Hall–Kier alpha value is -2.83. The summed E-state index contributed by atoms with van der Waals surface area (Å²) in [5.74, 6) is -1.17. The number of nitrogens with one attached hydrogen (secondary N) is 1. The molecule has 2 N–H and O–H groups in total. The zero-order valence-corrected chi connectivity index (χ0v) is 13.2. The first-order valence-corrected chi connectivity index (χ1v) is 7.10. The zero-order valence-electron chi connectivity index (χ0n) is 13.2. The van der Waals surface area contributed by atoms with Gasteiger partial charge < -0.3 is 15.2 Å². The number of carboxylic acids is 1. The van der Waals surface area contributed by atoms with Gasteiger partial charge in [0.15, 0.2) is 6.04 Å². The number of alkyl carbamates (subject to hydrolysis) is 1. The van der Waals surface area contributed by atoms with Crippen molar-refractivity contribution in [1.29, 1.82) is 0 Å². The second-order valence-electron chi connectivity index (χ2n) is 5.19. The van der Waals surface area contributed by atoms with Gasteiger partial charge in [-0.05, 0) is 19.4 Å². The molecule has 7 heteroatoms. The summed E-state index contributed by atoms with van der Waals surface area (Å²) >= 11 is 0. The number of nitrogens with zero attached hydrogens (tertiary/aromatic N) is 2. The van der Waals surface area contributed by atoms with E-state index in [0.29, 0.717) is 17.0 Å². The smallest absolute Gasteiger partial charge is 0.408 e. The van der Waals surface area contributed by atoms with Gasteiger partial charge in [-0.15, -0.1) is 0 Å². The molecule has 0 aliphatic heterocycles. The first kappa shape index (κ1) is 16.5. The van der Waals surface area contributed by atoms with Crippen LogP contribution in [0, 0.1) is 13.8 Å². The number of hydrogen-bond donors (Lipinski definition) is 2. The van der Waals surface area contributed by atoms with Crippen molar-refractivity contribution in [1.82, 2.24) is 15.1 Å². The van der Waals surface area contributed by atoms with Crippen LogP contribution in [0.4, 0.5) is 4.79 Å². The highest BCUT2D eigenvalue weighted by atomic mass is 16.5. The lowest BCUT2D eigenvalue weighted by molar-refractivity contribution is -0.139. The SMILES string of the molecule is Cc1nn(C)c(C)c1C(NC(=O)OCc1ccccc1)C(=O)O. The van der Waals surface area contributed by atoms with Gasteiger partial charge in [0.25, 0.3) is 0 Å². The van der Waals surface area contributed by atoms with Crippen molar-refractivity contribution in [3.8, 4) is 0 Å². The predicted molar refractivity (Wildman–Crippen MR) is 82.8 cm³/mol. The summed E-state index contributed by atoms with van der Waals surface area (Å²) in [6.07, 6.45) is -0.788. The molecular formula is C16H19N3O4. The number of carbonyl (C=O) groups is 2. The standard InChI is InChI=1S/C16H19N3O4/c1-10-13(11(2)19(3)18-10)14(15(20)21)17-16(22)23-9-12-7-5-4-6-8-12/h4-8,14H,9H2,1-3H3,(H,17,22)(H,20,21). The summed E-state index contributed by atoms with van der Waals surface area (Å²) < 4.78 is 6.66. The molecule has 23 heavy (non-hydrogen) atoms. The van der Waals surface area contributed by atoms with Crippen molar-refractivity contribution in [2.75, 3.05) is 0 Å². The van der Waals surface area contributed by atoms with Gasteiger partial charge >= 0.3 is 12.1 Å². The summed E-state index contributed by atoms with van der Waals surface area (Å²) in [6.45, 7) is 3.53.